The highest BCUT2D eigenvalue weighted by atomic mass is 32.1. The molecule has 0 aliphatic rings. The van der Waals surface area contributed by atoms with Crippen molar-refractivity contribution in [1.29, 1.82) is 0 Å². The number of hydrogen-bond acceptors (Lipinski definition) is 4. The molecule has 0 spiro atoms. The van der Waals surface area contributed by atoms with Crippen LogP contribution in [0.5, 0.6) is 0 Å². The molecule has 1 rings (SSSR count). The summed E-state index contributed by atoms with van der Waals surface area (Å²) >= 11 is 1.56. The van der Waals surface area contributed by atoms with Crippen molar-refractivity contribution < 1.29 is 9.53 Å². The maximum absolute atomic E-state index is 9.68. The van der Waals surface area contributed by atoms with Gasteiger partial charge in [-0.15, -0.1) is 11.3 Å². The third-order valence-electron chi connectivity index (χ3n) is 1.20. The van der Waals surface area contributed by atoms with Gasteiger partial charge in [0.25, 0.3) is 0 Å². The first-order valence-corrected chi connectivity index (χ1v) is 4.11. The lowest BCUT2D eigenvalue weighted by Gasteiger charge is -1.88. The van der Waals surface area contributed by atoms with E-state index >= 15 is 0 Å². The van der Waals surface area contributed by atoms with Gasteiger partial charge in [-0.1, -0.05) is 6.92 Å². The molecule has 11 heavy (non-hydrogen) atoms. The van der Waals surface area contributed by atoms with E-state index in [-0.39, 0.29) is 6.61 Å². The van der Waals surface area contributed by atoms with Crippen LogP contribution in [-0.2, 0) is 22.6 Å². The molecule has 0 aromatic carbocycles. The van der Waals surface area contributed by atoms with Gasteiger partial charge in [-0.2, -0.15) is 0 Å². The topological polar surface area (TPSA) is 39.2 Å². The maximum Gasteiger partial charge on any atom is 0.417 e. The number of nitrogens with zero attached hydrogens (tertiary/aromatic N) is 1. The second-order valence-electron chi connectivity index (χ2n) is 1.95. The minimum Gasteiger partial charge on any atom is -0.450 e. The van der Waals surface area contributed by atoms with E-state index < -0.39 is 0 Å². The van der Waals surface area contributed by atoms with Crippen molar-refractivity contribution in [2.45, 2.75) is 20.0 Å². The summed E-state index contributed by atoms with van der Waals surface area (Å²) in [6, 6.07) is 0. The smallest absolute Gasteiger partial charge is 0.417 e. The Labute approximate surface area is 69.0 Å². The number of thiazole rings is 1. The van der Waals surface area contributed by atoms with Crippen LogP contribution >= 0.6 is 11.3 Å². The van der Waals surface area contributed by atoms with Gasteiger partial charge < -0.3 is 4.74 Å². The fourth-order valence-corrected chi connectivity index (χ4v) is 1.45. The van der Waals surface area contributed by atoms with Crippen LogP contribution in [0.1, 0.15) is 16.8 Å². The molecule has 1 aromatic heterocycles. The zero-order valence-corrected chi connectivity index (χ0v) is 6.98. The molecule has 0 unspecified atom stereocenters. The molecule has 0 N–H and O–H groups in total. The summed E-state index contributed by atoms with van der Waals surface area (Å²) in [6.45, 7) is 3.66. The van der Waals surface area contributed by atoms with Gasteiger partial charge in [0.2, 0.25) is 0 Å². The summed E-state index contributed by atoms with van der Waals surface area (Å²) in [5, 5.41) is 0.824. The highest BCUT2D eigenvalue weighted by molar-refractivity contribution is 7.11. The molecule has 3 nitrogen and oxygen atoms in total. The molecule has 0 fully saturated rings. The molecule has 1 heterocycles. The van der Waals surface area contributed by atoms with Crippen molar-refractivity contribution in [3.05, 3.63) is 16.1 Å². The van der Waals surface area contributed by atoms with E-state index in [0.29, 0.717) is 0 Å². The number of carbonyl (C=O) groups excluding carboxylic acids is 1. The second kappa shape index (κ2) is 4.08. The first-order chi connectivity index (χ1) is 5.36. The van der Waals surface area contributed by atoms with Crippen LogP contribution in [0, 0.1) is 0 Å². The number of ether oxygens (including phenoxy) is 1. The molecule has 59 valence electrons. The molecule has 0 saturated heterocycles. The molecule has 0 atom stereocenters. The van der Waals surface area contributed by atoms with Crippen LogP contribution in [-0.4, -0.2) is 11.5 Å². The lowest BCUT2D eigenvalue weighted by Crippen LogP contribution is -1.87. The van der Waals surface area contributed by atoms with E-state index in [4.69, 9.17) is 0 Å². The fraction of sp³-hybridized carbons (Fsp3) is 0.429. The van der Waals surface area contributed by atoms with Gasteiger partial charge in [-0.3, -0.25) is 0 Å². The molecule has 0 aliphatic heterocycles. The highest BCUT2D eigenvalue weighted by Gasteiger charge is 1.99. The first kappa shape index (κ1) is 8.20. The van der Waals surface area contributed by atoms with Crippen LogP contribution in [0.3, 0.4) is 0 Å². The Kier molecular flexibility index (Phi) is 3.04. The molecular formula is C7H8NO2S. The van der Waals surface area contributed by atoms with Crippen LogP contribution in [0.2, 0.25) is 0 Å². The van der Waals surface area contributed by atoms with E-state index in [0.717, 1.165) is 11.4 Å². The average Bonchev–Trinajstić information content (AvgIpc) is 2.48. The summed E-state index contributed by atoms with van der Waals surface area (Å²) in [7, 11) is 0. The predicted molar refractivity (Wildman–Crippen MR) is 42.0 cm³/mol. The lowest BCUT2D eigenvalue weighted by atomic mass is 10.4. The van der Waals surface area contributed by atoms with Crippen LogP contribution < -0.4 is 0 Å². The monoisotopic (exact) mass is 170 g/mol. The third-order valence-corrected chi connectivity index (χ3v) is 2.32. The molecule has 4 heteroatoms. The van der Waals surface area contributed by atoms with Gasteiger partial charge in [0.15, 0.2) is 0 Å². The Bertz CT molecular complexity index is 234. The zero-order valence-electron chi connectivity index (χ0n) is 6.16. The standard InChI is InChI=1S/C7H8NO2S/c1-2-6-3-8-7(11-6)4-10-5-9/h3H,2,4H2,1H3. The number of aryl methyl sites for hydroxylation is 1. The Balaban J connectivity index is 2.50. The first-order valence-electron chi connectivity index (χ1n) is 3.29. The van der Waals surface area contributed by atoms with E-state index in [9.17, 15) is 4.79 Å². The van der Waals surface area contributed by atoms with E-state index in [1.165, 1.54) is 11.3 Å². The van der Waals surface area contributed by atoms with Crippen molar-refractivity contribution in [3.8, 4) is 0 Å². The normalized spacial score (nSPS) is 9.55. The summed E-state index contributed by atoms with van der Waals surface area (Å²) in [5.74, 6) is 0. The highest BCUT2D eigenvalue weighted by Crippen LogP contribution is 2.13. The van der Waals surface area contributed by atoms with Crippen LogP contribution in [0.4, 0.5) is 0 Å². The summed E-state index contributed by atoms with van der Waals surface area (Å²) in [6.07, 6.45) is 2.77. The van der Waals surface area contributed by atoms with Crippen LogP contribution in [0.15, 0.2) is 6.20 Å². The fourth-order valence-electron chi connectivity index (χ4n) is 0.669. The molecule has 0 saturated carbocycles. The van der Waals surface area contributed by atoms with Gasteiger partial charge >= 0.3 is 6.47 Å². The number of hydrogen-bond donors (Lipinski definition) is 0. The number of rotatable bonds is 4. The van der Waals surface area contributed by atoms with Gasteiger partial charge in [-0.05, 0) is 6.42 Å². The SMILES string of the molecule is CCc1cnc(CO[C]=O)s1. The van der Waals surface area contributed by atoms with Crippen molar-refractivity contribution in [3.63, 3.8) is 0 Å². The minimum absolute atomic E-state index is 0.244. The molecule has 0 amide bonds. The largest absolute Gasteiger partial charge is 0.450 e. The molecule has 0 aliphatic carbocycles. The van der Waals surface area contributed by atoms with Crippen molar-refractivity contribution >= 4 is 17.8 Å². The van der Waals surface area contributed by atoms with Crippen molar-refractivity contribution in [1.82, 2.24) is 4.98 Å². The Morgan fingerprint density at radius 1 is 1.82 bits per heavy atom. The zero-order chi connectivity index (χ0) is 8.10. The Hall–Kier alpha value is -0.900. The Morgan fingerprint density at radius 2 is 2.64 bits per heavy atom. The van der Waals surface area contributed by atoms with Gasteiger partial charge in [0.05, 0.1) is 0 Å². The molecular weight excluding hydrogens is 162 g/mol. The average molecular weight is 170 g/mol. The van der Waals surface area contributed by atoms with Crippen molar-refractivity contribution in [2.24, 2.45) is 0 Å². The van der Waals surface area contributed by atoms with Crippen molar-refractivity contribution in [2.75, 3.05) is 0 Å². The molecule has 1 radical (unpaired) electrons. The van der Waals surface area contributed by atoms with Crippen LogP contribution in [0.25, 0.3) is 0 Å². The van der Waals surface area contributed by atoms with E-state index in [1.54, 1.807) is 17.5 Å². The number of aromatic nitrogens is 1. The van der Waals surface area contributed by atoms with E-state index in [1.807, 2.05) is 0 Å². The summed E-state index contributed by atoms with van der Waals surface area (Å²) in [4.78, 5) is 14.9. The van der Waals surface area contributed by atoms with Gasteiger partial charge in [-0.25, -0.2) is 9.78 Å². The summed E-state index contributed by atoms with van der Waals surface area (Å²) in [5.41, 5.74) is 0. The second-order valence-corrected chi connectivity index (χ2v) is 3.15. The van der Waals surface area contributed by atoms with E-state index in [2.05, 4.69) is 16.6 Å². The quantitative estimate of drug-likeness (QED) is 0.683. The Morgan fingerprint density at radius 3 is 3.18 bits per heavy atom. The lowest BCUT2D eigenvalue weighted by molar-refractivity contribution is 0.266. The molecule has 1 aromatic rings. The summed E-state index contributed by atoms with van der Waals surface area (Å²) < 4.78 is 4.42. The predicted octanol–water partition coefficient (Wildman–Crippen LogP) is 1.29. The minimum atomic E-state index is 0.244. The maximum atomic E-state index is 9.68. The molecule has 0 bridgehead atoms. The van der Waals surface area contributed by atoms with Gasteiger partial charge in [0, 0.05) is 11.1 Å². The van der Waals surface area contributed by atoms with Gasteiger partial charge in [0.1, 0.15) is 11.6 Å². The third kappa shape index (κ3) is 2.31.